The van der Waals surface area contributed by atoms with Gasteiger partial charge in [-0.25, -0.2) is 0 Å². The monoisotopic (exact) mass is 328 g/mol. The topological polar surface area (TPSA) is 69.9 Å². The molecule has 0 fully saturated rings. The lowest BCUT2D eigenvalue weighted by Gasteiger charge is -2.16. The lowest BCUT2D eigenvalue weighted by atomic mass is 9.90. The van der Waals surface area contributed by atoms with Gasteiger partial charge in [-0.2, -0.15) is 5.10 Å². The Balaban J connectivity index is 2.42. The van der Waals surface area contributed by atoms with Crippen molar-refractivity contribution in [2.45, 2.75) is 32.7 Å². The smallest absolute Gasteiger partial charge is 0.226 e. The van der Waals surface area contributed by atoms with E-state index in [0.717, 1.165) is 11.5 Å². The van der Waals surface area contributed by atoms with Gasteiger partial charge >= 0.3 is 0 Å². The van der Waals surface area contributed by atoms with Crippen LogP contribution < -0.4 is 0 Å². The second-order valence-corrected chi connectivity index (χ2v) is 6.75. The van der Waals surface area contributed by atoms with Crippen LogP contribution in [0.1, 0.15) is 41.8 Å². The molecule has 0 saturated heterocycles. The quantitative estimate of drug-likeness (QED) is 0.789. The Hall–Kier alpha value is -1.31. The maximum Gasteiger partial charge on any atom is 0.226 e. The van der Waals surface area contributed by atoms with Gasteiger partial charge in [-0.05, 0) is 11.5 Å². The molecule has 0 atom stereocenters. The molecule has 2 aromatic rings. The Bertz CT molecular complexity index is 645. The van der Waals surface area contributed by atoms with Gasteiger partial charge in [0.1, 0.15) is 10.6 Å². The third-order valence-electron chi connectivity index (χ3n) is 2.92. The number of hydrogen-bond acceptors (Lipinski definition) is 6. The van der Waals surface area contributed by atoms with E-state index in [4.69, 9.17) is 16.3 Å². The van der Waals surface area contributed by atoms with E-state index in [-0.39, 0.29) is 11.2 Å². The summed E-state index contributed by atoms with van der Waals surface area (Å²) in [6.07, 6.45) is 1.47. The van der Waals surface area contributed by atoms with Crippen LogP contribution in [-0.2, 0) is 16.7 Å². The van der Waals surface area contributed by atoms with Crippen LogP contribution in [0.4, 0.5) is 0 Å². The van der Waals surface area contributed by atoms with Crippen LogP contribution in [0.25, 0.3) is 0 Å². The van der Waals surface area contributed by atoms with Crippen LogP contribution in [-0.4, -0.2) is 38.9 Å². The highest BCUT2D eigenvalue weighted by Crippen LogP contribution is 2.29. The molecule has 2 rings (SSSR count). The minimum absolute atomic E-state index is 0.200. The van der Waals surface area contributed by atoms with Crippen LogP contribution in [0.5, 0.6) is 0 Å². The third kappa shape index (κ3) is 3.30. The minimum Gasteiger partial charge on any atom is -0.383 e. The second-order valence-electron chi connectivity index (χ2n) is 5.59. The molecular formula is C13H17ClN4O2S. The molecule has 8 heteroatoms. The summed E-state index contributed by atoms with van der Waals surface area (Å²) in [7, 11) is 1.59. The molecule has 0 N–H and O–H groups in total. The van der Waals surface area contributed by atoms with Crippen molar-refractivity contribution in [3.8, 4) is 0 Å². The van der Waals surface area contributed by atoms with Gasteiger partial charge < -0.3 is 4.74 Å². The molecule has 114 valence electrons. The Kier molecular flexibility index (Phi) is 4.75. The van der Waals surface area contributed by atoms with E-state index in [1.54, 1.807) is 11.8 Å². The molecular weight excluding hydrogens is 312 g/mol. The number of nitrogens with zero attached hydrogens (tertiary/aromatic N) is 4. The van der Waals surface area contributed by atoms with E-state index in [0.29, 0.717) is 34.4 Å². The molecule has 2 heterocycles. The maximum absolute atomic E-state index is 12.8. The highest BCUT2D eigenvalue weighted by atomic mass is 35.5. The summed E-state index contributed by atoms with van der Waals surface area (Å²) in [5.41, 5.74) is 0.764. The lowest BCUT2D eigenvalue weighted by Crippen LogP contribution is -2.19. The number of hydrogen-bond donors (Lipinski definition) is 0. The van der Waals surface area contributed by atoms with Gasteiger partial charge in [0.15, 0.2) is 0 Å². The van der Waals surface area contributed by atoms with Crippen molar-refractivity contribution in [2.24, 2.45) is 0 Å². The average Bonchev–Trinajstić information content (AvgIpc) is 3.01. The van der Waals surface area contributed by atoms with Crippen molar-refractivity contribution in [1.29, 1.82) is 0 Å². The van der Waals surface area contributed by atoms with Gasteiger partial charge in [0.2, 0.25) is 5.78 Å². The van der Waals surface area contributed by atoms with Crippen molar-refractivity contribution < 1.29 is 9.53 Å². The van der Waals surface area contributed by atoms with Crippen LogP contribution in [0, 0.1) is 0 Å². The number of halogens is 1. The minimum atomic E-state index is -0.262. The Morgan fingerprint density at radius 2 is 2.19 bits per heavy atom. The number of methoxy groups -OCH3 is 1. The maximum atomic E-state index is 12.8. The SMILES string of the molecule is COCCn1ncc(Cl)c1C(=O)c1snnc1C(C)(C)C. The zero-order valence-electron chi connectivity index (χ0n) is 12.4. The summed E-state index contributed by atoms with van der Waals surface area (Å²) in [5, 5.41) is 8.54. The first-order valence-corrected chi connectivity index (χ1v) is 7.59. The van der Waals surface area contributed by atoms with E-state index in [9.17, 15) is 4.79 Å². The number of carbonyl (C=O) groups is 1. The van der Waals surface area contributed by atoms with Crippen molar-refractivity contribution in [1.82, 2.24) is 19.4 Å². The van der Waals surface area contributed by atoms with Crippen molar-refractivity contribution in [3.05, 3.63) is 27.5 Å². The van der Waals surface area contributed by atoms with Crippen molar-refractivity contribution in [2.75, 3.05) is 13.7 Å². The third-order valence-corrected chi connectivity index (χ3v) is 3.92. The zero-order chi connectivity index (χ0) is 15.6. The van der Waals surface area contributed by atoms with Gasteiger partial charge in [0.25, 0.3) is 0 Å². The predicted octanol–water partition coefficient (Wildman–Crippen LogP) is 2.56. The first kappa shape index (κ1) is 16.1. The molecule has 0 saturated carbocycles. The molecule has 0 aliphatic rings. The number of aromatic nitrogens is 4. The Morgan fingerprint density at radius 3 is 2.81 bits per heavy atom. The Morgan fingerprint density at radius 1 is 1.48 bits per heavy atom. The summed E-state index contributed by atoms with van der Waals surface area (Å²) < 4.78 is 10.5. The van der Waals surface area contributed by atoms with Gasteiger partial charge in [-0.3, -0.25) is 9.48 Å². The van der Waals surface area contributed by atoms with Crippen LogP contribution in [0.2, 0.25) is 5.02 Å². The summed E-state index contributed by atoms with van der Waals surface area (Å²) in [6, 6.07) is 0. The highest BCUT2D eigenvalue weighted by Gasteiger charge is 2.29. The van der Waals surface area contributed by atoms with E-state index >= 15 is 0 Å². The van der Waals surface area contributed by atoms with E-state index < -0.39 is 0 Å². The summed E-state index contributed by atoms with van der Waals surface area (Å²) >= 11 is 7.20. The van der Waals surface area contributed by atoms with E-state index in [1.165, 1.54) is 6.20 Å². The van der Waals surface area contributed by atoms with E-state index in [2.05, 4.69) is 14.7 Å². The summed E-state index contributed by atoms with van der Waals surface area (Å²) in [4.78, 5) is 13.3. The number of carbonyl (C=O) groups excluding carboxylic acids is 1. The van der Waals surface area contributed by atoms with Crippen LogP contribution in [0.15, 0.2) is 6.20 Å². The molecule has 0 spiro atoms. The molecule has 0 aliphatic heterocycles. The number of ketones is 1. The predicted molar refractivity (Wildman–Crippen MR) is 81.2 cm³/mol. The standard InChI is InChI=1S/C13H17ClN4O2S/c1-13(2,3)12-11(21-17-16-12)10(19)9-8(14)7-15-18(9)5-6-20-4/h7H,5-6H2,1-4H3. The first-order valence-electron chi connectivity index (χ1n) is 6.44. The molecule has 0 amide bonds. The highest BCUT2D eigenvalue weighted by molar-refractivity contribution is 7.08. The number of rotatable bonds is 5. The summed E-state index contributed by atoms with van der Waals surface area (Å²) in [5.74, 6) is -0.200. The fourth-order valence-electron chi connectivity index (χ4n) is 1.87. The van der Waals surface area contributed by atoms with Gasteiger partial charge in [0.05, 0.1) is 30.1 Å². The van der Waals surface area contributed by atoms with Gasteiger partial charge in [-0.1, -0.05) is 36.9 Å². The molecule has 0 radical (unpaired) electrons. The molecule has 6 nitrogen and oxygen atoms in total. The first-order chi connectivity index (χ1) is 9.86. The second kappa shape index (κ2) is 6.21. The molecule has 0 aromatic carbocycles. The largest absolute Gasteiger partial charge is 0.383 e. The Labute approximate surface area is 132 Å². The molecule has 21 heavy (non-hydrogen) atoms. The van der Waals surface area contributed by atoms with E-state index in [1.807, 2.05) is 20.8 Å². The van der Waals surface area contributed by atoms with Crippen LogP contribution in [0.3, 0.4) is 0 Å². The number of ether oxygens (including phenoxy) is 1. The fourth-order valence-corrected chi connectivity index (χ4v) is 2.92. The van der Waals surface area contributed by atoms with Gasteiger partial charge in [-0.15, -0.1) is 5.10 Å². The summed E-state index contributed by atoms with van der Waals surface area (Å²) in [6.45, 7) is 6.88. The molecule has 2 aromatic heterocycles. The molecule has 0 unspecified atom stereocenters. The lowest BCUT2D eigenvalue weighted by molar-refractivity contribution is 0.102. The fraction of sp³-hybridized carbons (Fsp3) is 0.538. The normalized spacial score (nSPS) is 11.9. The zero-order valence-corrected chi connectivity index (χ0v) is 14.0. The molecule has 0 bridgehead atoms. The van der Waals surface area contributed by atoms with Crippen molar-refractivity contribution >= 4 is 28.9 Å². The average molecular weight is 329 g/mol. The van der Waals surface area contributed by atoms with Crippen molar-refractivity contribution in [3.63, 3.8) is 0 Å². The van der Waals surface area contributed by atoms with Crippen LogP contribution >= 0.6 is 23.1 Å². The van der Waals surface area contributed by atoms with Gasteiger partial charge in [0, 0.05) is 12.5 Å². The molecule has 0 aliphatic carbocycles.